The van der Waals surface area contributed by atoms with Gasteiger partial charge in [-0.1, -0.05) is 6.42 Å². The minimum atomic E-state index is -0.219. The van der Waals surface area contributed by atoms with Crippen molar-refractivity contribution in [2.75, 3.05) is 32.7 Å². The van der Waals surface area contributed by atoms with Gasteiger partial charge in [-0.3, -0.25) is 9.69 Å². The molecule has 1 fully saturated rings. The van der Waals surface area contributed by atoms with Crippen LogP contribution in [0, 0.1) is 0 Å². The number of carbonyl (C=O) groups is 1. The first-order valence-corrected chi connectivity index (χ1v) is 8.89. The lowest BCUT2D eigenvalue weighted by atomic mass is 10.0. The van der Waals surface area contributed by atoms with Crippen molar-refractivity contribution >= 4 is 35.8 Å². The lowest BCUT2D eigenvalue weighted by Crippen LogP contribution is -2.46. The van der Waals surface area contributed by atoms with E-state index in [0.717, 1.165) is 19.6 Å². The van der Waals surface area contributed by atoms with Gasteiger partial charge in [-0.15, -0.1) is 24.0 Å². The number of aliphatic imine (C=N–C) groups is 1. The van der Waals surface area contributed by atoms with Crippen LogP contribution >= 0.6 is 24.0 Å². The fourth-order valence-corrected chi connectivity index (χ4v) is 2.76. The van der Waals surface area contributed by atoms with Crippen LogP contribution in [0.5, 0.6) is 0 Å². The summed E-state index contributed by atoms with van der Waals surface area (Å²) < 4.78 is 0. The summed E-state index contributed by atoms with van der Waals surface area (Å²) in [7, 11) is 0. The van der Waals surface area contributed by atoms with Gasteiger partial charge in [0.1, 0.15) is 6.54 Å². The summed E-state index contributed by atoms with van der Waals surface area (Å²) in [4.78, 5) is 18.7. The SMILES string of the molecule is CCNC(=NCC(=O)NC(C)(C)C)NCCN1CCCCC1C.I. The summed E-state index contributed by atoms with van der Waals surface area (Å²) in [5.41, 5.74) is -0.219. The van der Waals surface area contributed by atoms with E-state index in [0.29, 0.717) is 12.0 Å². The van der Waals surface area contributed by atoms with E-state index >= 15 is 0 Å². The first-order chi connectivity index (χ1) is 10.8. The number of hydrogen-bond donors (Lipinski definition) is 3. The van der Waals surface area contributed by atoms with Crippen LogP contribution in [0.4, 0.5) is 0 Å². The van der Waals surface area contributed by atoms with Gasteiger partial charge < -0.3 is 16.0 Å². The average molecular weight is 453 g/mol. The summed E-state index contributed by atoms with van der Waals surface area (Å²) >= 11 is 0. The highest BCUT2D eigenvalue weighted by molar-refractivity contribution is 14.0. The fourth-order valence-electron chi connectivity index (χ4n) is 2.76. The molecule has 1 unspecified atom stereocenters. The third-order valence-electron chi connectivity index (χ3n) is 3.87. The maximum atomic E-state index is 11.8. The molecule has 24 heavy (non-hydrogen) atoms. The summed E-state index contributed by atoms with van der Waals surface area (Å²) in [6.45, 7) is 14.2. The number of halogens is 1. The van der Waals surface area contributed by atoms with Gasteiger partial charge in [0.25, 0.3) is 0 Å². The number of piperidine rings is 1. The third kappa shape index (κ3) is 10.3. The minimum absolute atomic E-state index is 0. The predicted molar refractivity (Wildman–Crippen MR) is 112 cm³/mol. The maximum absolute atomic E-state index is 11.8. The van der Waals surface area contributed by atoms with Crippen molar-refractivity contribution < 1.29 is 4.79 Å². The second kappa shape index (κ2) is 11.9. The smallest absolute Gasteiger partial charge is 0.242 e. The van der Waals surface area contributed by atoms with Gasteiger partial charge in [-0.2, -0.15) is 0 Å². The summed E-state index contributed by atoms with van der Waals surface area (Å²) in [6, 6.07) is 0.669. The van der Waals surface area contributed by atoms with E-state index in [1.807, 2.05) is 27.7 Å². The molecular weight excluding hydrogens is 417 g/mol. The van der Waals surface area contributed by atoms with E-state index in [-0.39, 0.29) is 42.0 Å². The summed E-state index contributed by atoms with van der Waals surface area (Å²) in [5.74, 6) is 0.653. The highest BCUT2D eigenvalue weighted by atomic mass is 127. The van der Waals surface area contributed by atoms with Crippen LogP contribution in [0.3, 0.4) is 0 Å². The molecule has 0 aromatic heterocycles. The molecule has 1 saturated heterocycles. The Hall–Kier alpha value is -0.570. The van der Waals surface area contributed by atoms with E-state index in [1.54, 1.807) is 0 Å². The topological polar surface area (TPSA) is 68.8 Å². The van der Waals surface area contributed by atoms with Crippen LogP contribution in [0.1, 0.15) is 53.9 Å². The van der Waals surface area contributed by atoms with Gasteiger partial charge in [0.15, 0.2) is 5.96 Å². The van der Waals surface area contributed by atoms with Crippen molar-refractivity contribution in [2.45, 2.75) is 65.5 Å². The molecule has 0 saturated carbocycles. The fraction of sp³-hybridized carbons (Fsp3) is 0.882. The Bertz CT molecular complexity index is 395. The summed E-state index contributed by atoms with van der Waals surface area (Å²) in [6.07, 6.45) is 3.94. The Labute approximate surface area is 164 Å². The van der Waals surface area contributed by atoms with Crippen LogP contribution in [-0.2, 0) is 4.79 Å². The van der Waals surface area contributed by atoms with E-state index in [2.05, 4.69) is 32.8 Å². The van der Waals surface area contributed by atoms with Crippen molar-refractivity contribution in [3.05, 3.63) is 0 Å². The Morgan fingerprint density at radius 1 is 1.25 bits per heavy atom. The number of carbonyl (C=O) groups excluding carboxylic acids is 1. The monoisotopic (exact) mass is 453 g/mol. The number of rotatable bonds is 6. The van der Waals surface area contributed by atoms with Gasteiger partial charge in [-0.25, -0.2) is 4.99 Å². The molecule has 1 aliphatic rings. The van der Waals surface area contributed by atoms with Gasteiger partial charge in [0, 0.05) is 31.2 Å². The molecular formula is C17H36IN5O. The minimum Gasteiger partial charge on any atom is -0.357 e. The van der Waals surface area contributed by atoms with Gasteiger partial charge >= 0.3 is 0 Å². The highest BCUT2D eigenvalue weighted by Gasteiger charge is 2.17. The van der Waals surface area contributed by atoms with E-state index in [1.165, 1.54) is 25.8 Å². The second-order valence-corrected chi connectivity index (χ2v) is 7.30. The number of guanidine groups is 1. The van der Waals surface area contributed by atoms with E-state index in [9.17, 15) is 4.79 Å². The summed E-state index contributed by atoms with van der Waals surface area (Å²) in [5, 5.41) is 9.43. The Balaban J connectivity index is 0.00000529. The lowest BCUT2D eigenvalue weighted by Gasteiger charge is -2.33. The first kappa shape index (κ1) is 23.4. The van der Waals surface area contributed by atoms with Crippen LogP contribution < -0.4 is 16.0 Å². The largest absolute Gasteiger partial charge is 0.357 e. The number of nitrogens with one attached hydrogen (secondary N) is 3. The second-order valence-electron chi connectivity index (χ2n) is 7.30. The van der Waals surface area contributed by atoms with Crippen molar-refractivity contribution in [3.8, 4) is 0 Å². The zero-order valence-corrected chi connectivity index (χ0v) is 18.3. The molecule has 1 aliphatic heterocycles. The third-order valence-corrected chi connectivity index (χ3v) is 3.87. The molecule has 0 aromatic rings. The Morgan fingerprint density at radius 3 is 2.54 bits per heavy atom. The molecule has 1 atom stereocenters. The molecule has 0 spiro atoms. The van der Waals surface area contributed by atoms with Crippen molar-refractivity contribution in [1.82, 2.24) is 20.9 Å². The molecule has 0 radical (unpaired) electrons. The lowest BCUT2D eigenvalue weighted by molar-refractivity contribution is -0.121. The number of nitrogens with zero attached hydrogens (tertiary/aromatic N) is 2. The Kier molecular flexibility index (Phi) is 11.6. The maximum Gasteiger partial charge on any atom is 0.242 e. The quantitative estimate of drug-likeness (QED) is 0.327. The van der Waals surface area contributed by atoms with Crippen molar-refractivity contribution in [3.63, 3.8) is 0 Å². The van der Waals surface area contributed by atoms with E-state index < -0.39 is 0 Å². The molecule has 142 valence electrons. The number of likely N-dealkylation sites (tertiary alicyclic amines) is 1. The molecule has 0 aliphatic carbocycles. The molecule has 7 heteroatoms. The van der Waals surface area contributed by atoms with Gasteiger partial charge in [0.05, 0.1) is 0 Å². The molecule has 1 amide bonds. The van der Waals surface area contributed by atoms with Crippen molar-refractivity contribution in [2.24, 2.45) is 4.99 Å². The molecule has 6 nitrogen and oxygen atoms in total. The molecule has 1 rings (SSSR count). The normalized spacial score (nSPS) is 19.4. The van der Waals surface area contributed by atoms with Crippen LogP contribution in [0.25, 0.3) is 0 Å². The van der Waals surface area contributed by atoms with Crippen LogP contribution in [0.15, 0.2) is 4.99 Å². The average Bonchev–Trinajstić information content (AvgIpc) is 2.45. The van der Waals surface area contributed by atoms with Crippen LogP contribution in [0.2, 0.25) is 0 Å². The van der Waals surface area contributed by atoms with Gasteiger partial charge in [0.2, 0.25) is 5.91 Å². The van der Waals surface area contributed by atoms with Gasteiger partial charge in [-0.05, 0) is 54.0 Å². The molecule has 3 N–H and O–H groups in total. The zero-order chi connectivity index (χ0) is 17.3. The highest BCUT2D eigenvalue weighted by Crippen LogP contribution is 2.15. The molecule has 0 bridgehead atoms. The molecule has 1 heterocycles. The standard InChI is InChI=1S/C17H35N5O.HI/c1-6-18-16(20-13-15(23)21-17(3,4)5)19-10-12-22-11-8-7-9-14(22)2;/h14H,6-13H2,1-5H3,(H,21,23)(H2,18,19,20);1H. The predicted octanol–water partition coefficient (Wildman–Crippen LogP) is 1.95. The molecule has 0 aromatic carbocycles. The zero-order valence-electron chi connectivity index (χ0n) is 15.9. The van der Waals surface area contributed by atoms with E-state index in [4.69, 9.17) is 0 Å². The number of amides is 1. The Morgan fingerprint density at radius 2 is 1.96 bits per heavy atom. The number of hydrogen-bond acceptors (Lipinski definition) is 3. The van der Waals surface area contributed by atoms with Crippen LogP contribution in [-0.4, -0.2) is 61.1 Å². The first-order valence-electron chi connectivity index (χ1n) is 8.89. The van der Waals surface area contributed by atoms with Crippen molar-refractivity contribution in [1.29, 1.82) is 0 Å².